The topological polar surface area (TPSA) is 34.6 Å². The first-order valence-corrected chi connectivity index (χ1v) is 7.51. The van der Waals surface area contributed by atoms with Crippen molar-refractivity contribution in [3.05, 3.63) is 5.69 Å². The molecule has 22 heavy (non-hydrogen) atoms. The Bertz CT molecular complexity index is 1070. The summed E-state index contributed by atoms with van der Waals surface area (Å²) in [6, 6.07) is 0. The lowest BCUT2D eigenvalue weighted by Crippen LogP contribution is -2.41. The lowest BCUT2D eigenvalue weighted by atomic mass is 9.86. The Hall–Kier alpha value is -0.585. The Morgan fingerprint density at radius 1 is 1.41 bits per heavy atom. The van der Waals surface area contributed by atoms with Crippen LogP contribution in [0.3, 0.4) is 0 Å². The van der Waals surface area contributed by atoms with Crippen molar-refractivity contribution in [2.24, 2.45) is 5.89 Å². The van der Waals surface area contributed by atoms with E-state index in [9.17, 15) is 0 Å². The molecule has 1 unspecified atom stereocenters. The van der Waals surface area contributed by atoms with Gasteiger partial charge >= 0.3 is 7.12 Å². The fourth-order valence-corrected chi connectivity index (χ4v) is 2.79. The van der Waals surface area contributed by atoms with Crippen molar-refractivity contribution in [3.63, 3.8) is 0 Å². The van der Waals surface area contributed by atoms with Gasteiger partial charge in [-0.05, 0) is 53.2 Å². The van der Waals surface area contributed by atoms with Gasteiger partial charge in [-0.15, -0.1) is 11.3 Å². The van der Waals surface area contributed by atoms with Crippen molar-refractivity contribution in [1.29, 1.82) is 0 Å². The second kappa shape index (κ2) is 5.50. The van der Waals surface area contributed by atoms with Crippen LogP contribution in [0.15, 0.2) is 0 Å². The SMILES string of the molecule is [2H]C([2H])([2H])c1nc(N2C([2H])([2H])C([2H])([2H])C([2H])([2H])C([2H])(C([2H])([2H])[2H])C2([2H])[2H])sc1B1OC(C)(C)C(C)(C)O1. The summed E-state index contributed by atoms with van der Waals surface area (Å²) in [6.07, 6.45) is -7.66. The van der Waals surface area contributed by atoms with Crippen LogP contribution in [0.2, 0.25) is 0 Å². The van der Waals surface area contributed by atoms with E-state index >= 15 is 0 Å². The number of anilines is 1. The first-order chi connectivity index (χ1) is 16.0. The zero-order valence-corrected chi connectivity index (χ0v) is 13.5. The van der Waals surface area contributed by atoms with Crippen molar-refractivity contribution in [2.75, 3.05) is 17.9 Å². The van der Waals surface area contributed by atoms with Crippen molar-refractivity contribution in [1.82, 2.24) is 4.98 Å². The molecular weight excluding hydrogens is 295 g/mol. The molecule has 0 bridgehead atoms. The minimum atomic E-state index is -3.88. The summed E-state index contributed by atoms with van der Waals surface area (Å²) in [5.41, 5.74) is -2.54. The van der Waals surface area contributed by atoms with E-state index in [4.69, 9.17) is 29.9 Å². The van der Waals surface area contributed by atoms with Gasteiger partial charge in [0.15, 0.2) is 5.13 Å². The van der Waals surface area contributed by atoms with Crippen LogP contribution in [0.1, 0.15) is 73.5 Å². The number of rotatable bonds is 2. The number of piperidine rings is 1. The zero-order chi connectivity index (χ0) is 29.2. The highest BCUT2D eigenvalue weighted by Gasteiger charge is 2.53. The van der Waals surface area contributed by atoms with E-state index in [1.807, 2.05) is 0 Å². The molecule has 2 saturated heterocycles. The summed E-state index contributed by atoms with van der Waals surface area (Å²) in [7, 11) is -1.35. The molecule has 0 radical (unpaired) electrons. The third-order valence-electron chi connectivity index (χ3n) is 3.88. The first-order valence-electron chi connectivity index (χ1n) is 14.2. The molecule has 3 heterocycles. The Morgan fingerprint density at radius 2 is 2.14 bits per heavy atom. The van der Waals surface area contributed by atoms with E-state index in [0.717, 1.165) is 0 Å². The standard InChI is InChI=1S/C16H27BN2O2S/c1-11-8-7-9-19(10-11)14-18-12(2)13(22-14)17-20-15(3,4)16(5,6)21-17/h11H,7-10H2,1-6H3/i1D3,2D3,7D2,8D2,9D2,10D2,11D. The lowest BCUT2D eigenvalue weighted by molar-refractivity contribution is 0.00578. The van der Waals surface area contributed by atoms with Crippen LogP contribution in [0, 0.1) is 12.7 Å². The van der Waals surface area contributed by atoms with Gasteiger partial charge in [0.25, 0.3) is 0 Å². The predicted molar refractivity (Wildman–Crippen MR) is 93.2 cm³/mol. The molecule has 0 amide bonds. The number of aryl methyl sites for hydroxylation is 1. The van der Waals surface area contributed by atoms with Crippen LogP contribution >= 0.6 is 11.3 Å². The molecule has 2 fully saturated rings. The van der Waals surface area contributed by atoms with Gasteiger partial charge in [-0.1, -0.05) is 6.85 Å². The maximum absolute atomic E-state index is 8.55. The second-order valence-electron chi connectivity index (χ2n) is 5.98. The molecule has 0 spiro atoms. The Morgan fingerprint density at radius 3 is 2.77 bits per heavy atom. The fraction of sp³-hybridized carbons (Fsp3) is 0.812. The summed E-state index contributed by atoms with van der Waals surface area (Å²) >= 11 is 0.377. The Balaban J connectivity index is 2.34. The van der Waals surface area contributed by atoms with Gasteiger partial charge in [-0.3, -0.25) is 0 Å². The third-order valence-corrected chi connectivity index (χ3v) is 4.94. The molecule has 0 saturated carbocycles. The molecule has 1 atom stereocenters. The van der Waals surface area contributed by atoms with Gasteiger partial charge in [0.2, 0.25) is 0 Å². The fourth-order valence-electron chi connectivity index (χ4n) is 1.94. The lowest BCUT2D eigenvalue weighted by Gasteiger charge is -2.32. The van der Waals surface area contributed by atoms with Crippen molar-refractivity contribution < 1.29 is 29.9 Å². The molecule has 1 aromatic heterocycles. The van der Waals surface area contributed by atoms with Crippen LogP contribution in [0.4, 0.5) is 5.13 Å². The molecule has 4 nitrogen and oxygen atoms in total. The van der Waals surface area contributed by atoms with Crippen molar-refractivity contribution in [2.45, 2.75) is 65.3 Å². The maximum Gasteiger partial charge on any atom is 0.507 e. The van der Waals surface area contributed by atoms with Crippen LogP contribution < -0.4 is 9.68 Å². The monoisotopic (exact) mass is 337 g/mol. The summed E-state index contributed by atoms with van der Waals surface area (Å²) < 4.78 is 134. The van der Waals surface area contributed by atoms with Crippen LogP contribution in [-0.4, -0.2) is 36.3 Å². The smallest absolute Gasteiger partial charge is 0.399 e. The molecule has 2 aliphatic rings. The van der Waals surface area contributed by atoms with Gasteiger partial charge in [-0.25, -0.2) is 4.98 Å². The molecular formula is C16H27BN2O2S. The van der Waals surface area contributed by atoms with E-state index in [2.05, 4.69) is 4.98 Å². The van der Waals surface area contributed by atoms with Gasteiger partial charge in [0.1, 0.15) is 0 Å². The maximum atomic E-state index is 8.55. The van der Waals surface area contributed by atoms with E-state index in [-0.39, 0.29) is 9.68 Å². The molecule has 122 valence electrons. The van der Waals surface area contributed by atoms with Gasteiger partial charge in [0, 0.05) is 33.6 Å². The first kappa shape index (κ1) is 6.05. The highest BCUT2D eigenvalue weighted by atomic mass is 32.1. The third kappa shape index (κ3) is 2.81. The second-order valence-corrected chi connectivity index (χ2v) is 6.99. The number of nitrogens with zero attached hydrogens (tertiary/aromatic N) is 2. The molecule has 2 aliphatic heterocycles. The van der Waals surface area contributed by atoms with Crippen LogP contribution in [-0.2, 0) is 9.31 Å². The Kier molecular flexibility index (Phi) is 1.51. The van der Waals surface area contributed by atoms with Gasteiger partial charge < -0.3 is 14.2 Å². The molecule has 0 aliphatic carbocycles. The van der Waals surface area contributed by atoms with E-state index in [1.165, 1.54) is 0 Å². The van der Waals surface area contributed by atoms with E-state index < -0.39 is 74.5 Å². The number of hydrogen-bond acceptors (Lipinski definition) is 5. The zero-order valence-electron chi connectivity index (χ0n) is 27.7. The number of aromatic nitrogens is 1. The molecule has 3 rings (SSSR count). The normalized spacial score (nSPS) is 51.2. The highest BCUT2D eigenvalue weighted by molar-refractivity contribution is 7.25. The largest absolute Gasteiger partial charge is 0.507 e. The summed E-state index contributed by atoms with van der Waals surface area (Å²) in [6.45, 7) is -7.39. The van der Waals surface area contributed by atoms with Crippen molar-refractivity contribution in [3.8, 4) is 0 Å². The van der Waals surface area contributed by atoms with Crippen LogP contribution in [0.25, 0.3) is 0 Å². The summed E-state index contributed by atoms with van der Waals surface area (Å²) in [4.78, 5) is 3.81. The quantitative estimate of drug-likeness (QED) is 0.777. The van der Waals surface area contributed by atoms with E-state index in [1.54, 1.807) is 27.7 Å². The van der Waals surface area contributed by atoms with E-state index in [0.29, 0.717) is 11.3 Å². The van der Waals surface area contributed by atoms with Crippen LogP contribution in [0.5, 0.6) is 0 Å². The average molecular weight is 337 g/mol. The van der Waals surface area contributed by atoms with Crippen molar-refractivity contribution >= 4 is 28.4 Å². The number of thiazole rings is 1. The summed E-state index contributed by atoms with van der Waals surface area (Å²) in [5.74, 6) is -3.88. The van der Waals surface area contributed by atoms with Gasteiger partial charge in [-0.2, -0.15) is 0 Å². The highest BCUT2D eigenvalue weighted by Crippen LogP contribution is 2.37. The number of hydrogen-bond donors (Lipinski definition) is 0. The molecule has 6 heteroatoms. The Labute approximate surface area is 159 Å². The molecule has 1 aromatic rings. The molecule has 0 aromatic carbocycles. The average Bonchev–Trinajstić information content (AvgIpc) is 3.16. The minimum absolute atomic E-state index is 0.0741. The molecule has 0 N–H and O–H groups in total. The predicted octanol–water partition coefficient (Wildman–Crippen LogP) is 2.99. The van der Waals surface area contributed by atoms with Gasteiger partial charge in [0.05, 0.1) is 21.7 Å². The minimum Gasteiger partial charge on any atom is -0.399 e. The summed E-state index contributed by atoms with van der Waals surface area (Å²) in [5, 5.41) is -0.814.